The Balaban J connectivity index is 2.45. The fourth-order valence-corrected chi connectivity index (χ4v) is 2.92. The van der Waals surface area contributed by atoms with Gasteiger partial charge in [-0.25, -0.2) is 9.59 Å². The van der Waals surface area contributed by atoms with E-state index in [0.29, 0.717) is 5.69 Å². The lowest BCUT2D eigenvalue weighted by Gasteiger charge is -2.31. The summed E-state index contributed by atoms with van der Waals surface area (Å²) in [4.78, 5) is 25.6. The fourth-order valence-electron chi connectivity index (χ4n) is 2.92. The summed E-state index contributed by atoms with van der Waals surface area (Å²) < 4.78 is 20.2. The highest BCUT2D eigenvalue weighted by Crippen LogP contribution is 2.33. The molecule has 1 aliphatic rings. The van der Waals surface area contributed by atoms with Crippen molar-refractivity contribution in [2.45, 2.75) is 31.4 Å². The third-order valence-electron chi connectivity index (χ3n) is 4.08. The lowest BCUT2D eigenvalue weighted by Crippen LogP contribution is -2.39. The molecule has 1 unspecified atom stereocenters. The molecule has 1 aliphatic carbocycles. The number of likely N-dealkylation sites (N-methyl/N-ethyl adjacent to an activating group) is 1. The third-order valence-corrected chi connectivity index (χ3v) is 4.08. The number of carbonyl (C=O) groups excluding carboxylic acids is 1. The van der Waals surface area contributed by atoms with Gasteiger partial charge in [0, 0.05) is 20.2 Å². The molecule has 0 N–H and O–H groups in total. The van der Waals surface area contributed by atoms with E-state index >= 15 is 0 Å². The van der Waals surface area contributed by atoms with Crippen molar-refractivity contribution >= 4 is 11.7 Å². The summed E-state index contributed by atoms with van der Waals surface area (Å²) in [6.45, 7) is 0. The van der Waals surface area contributed by atoms with Crippen molar-refractivity contribution in [1.29, 1.82) is 0 Å². The highest BCUT2D eigenvalue weighted by atomic mass is 16.5. The highest BCUT2D eigenvalue weighted by Gasteiger charge is 2.33. The van der Waals surface area contributed by atoms with Crippen LogP contribution in [0.4, 0.5) is 5.69 Å². The molecular formula is C15H21NO6. The molecule has 0 saturated heterocycles. The second kappa shape index (κ2) is 6.83. The molecule has 0 radical (unpaired) electrons. The van der Waals surface area contributed by atoms with E-state index in [4.69, 9.17) is 13.9 Å². The monoisotopic (exact) mass is 311 g/mol. The Morgan fingerprint density at radius 1 is 1.32 bits per heavy atom. The fraction of sp³-hybridized carbons (Fsp3) is 0.600. The van der Waals surface area contributed by atoms with Crippen molar-refractivity contribution < 1.29 is 23.4 Å². The Kier molecular flexibility index (Phi) is 5.07. The van der Waals surface area contributed by atoms with Crippen molar-refractivity contribution in [3.05, 3.63) is 22.2 Å². The number of nitrogens with zero attached hydrogens (tertiary/aromatic N) is 1. The molecule has 122 valence electrons. The zero-order valence-electron chi connectivity index (χ0n) is 13.3. The Morgan fingerprint density at radius 3 is 2.64 bits per heavy atom. The van der Waals surface area contributed by atoms with Gasteiger partial charge < -0.3 is 23.5 Å². The zero-order chi connectivity index (χ0) is 16.3. The van der Waals surface area contributed by atoms with Gasteiger partial charge in [0.25, 0.3) is 0 Å². The van der Waals surface area contributed by atoms with Gasteiger partial charge in [-0.1, -0.05) is 0 Å². The van der Waals surface area contributed by atoms with Gasteiger partial charge in [-0.15, -0.1) is 0 Å². The molecule has 2 atom stereocenters. The topological polar surface area (TPSA) is 78.2 Å². The summed E-state index contributed by atoms with van der Waals surface area (Å²) in [5.74, 6) is -0.789. The van der Waals surface area contributed by atoms with Gasteiger partial charge in [-0.2, -0.15) is 0 Å². The van der Waals surface area contributed by atoms with Crippen LogP contribution in [0.2, 0.25) is 0 Å². The zero-order valence-corrected chi connectivity index (χ0v) is 13.3. The second-order valence-electron chi connectivity index (χ2n) is 5.19. The maximum atomic E-state index is 12.0. The summed E-state index contributed by atoms with van der Waals surface area (Å²) in [6, 6.07) is 1.57. The van der Waals surface area contributed by atoms with Crippen LogP contribution in [-0.2, 0) is 9.47 Å². The van der Waals surface area contributed by atoms with Crippen LogP contribution in [0.15, 0.2) is 15.3 Å². The summed E-state index contributed by atoms with van der Waals surface area (Å²) in [5.41, 5.74) is -0.215. The highest BCUT2D eigenvalue weighted by molar-refractivity contribution is 5.87. The van der Waals surface area contributed by atoms with Gasteiger partial charge in [-0.05, 0) is 19.3 Å². The number of ether oxygens (including phenoxy) is 3. The molecule has 22 heavy (non-hydrogen) atoms. The van der Waals surface area contributed by atoms with Gasteiger partial charge in [0.1, 0.15) is 0 Å². The van der Waals surface area contributed by atoms with Crippen molar-refractivity contribution in [3.63, 3.8) is 0 Å². The molecule has 0 aromatic carbocycles. The lowest BCUT2D eigenvalue weighted by molar-refractivity contribution is 0.0558. The Hall–Kier alpha value is -2.02. The van der Waals surface area contributed by atoms with Crippen molar-refractivity contribution in [2.24, 2.45) is 0 Å². The van der Waals surface area contributed by atoms with Crippen molar-refractivity contribution in [2.75, 3.05) is 33.3 Å². The molecule has 1 fully saturated rings. The second-order valence-corrected chi connectivity index (χ2v) is 5.19. The summed E-state index contributed by atoms with van der Waals surface area (Å²) >= 11 is 0. The van der Waals surface area contributed by atoms with Crippen LogP contribution in [0.1, 0.15) is 29.8 Å². The van der Waals surface area contributed by atoms with Gasteiger partial charge in [0.05, 0.1) is 32.1 Å². The number of rotatable bonds is 5. The predicted molar refractivity (Wildman–Crippen MR) is 79.7 cm³/mol. The predicted octanol–water partition coefficient (Wildman–Crippen LogP) is 1.44. The normalized spacial score (nSPS) is 20.7. The molecule has 1 saturated carbocycles. The average molecular weight is 311 g/mol. The molecule has 0 amide bonds. The Bertz CT molecular complexity index is 596. The third kappa shape index (κ3) is 2.94. The van der Waals surface area contributed by atoms with Crippen LogP contribution in [0, 0.1) is 0 Å². The molecule has 1 heterocycles. The number of carbonyl (C=O) groups is 1. The number of hydrogen-bond donors (Lipinski definition) is 0. The number of hydrogen-bond acceptors (Lipinski definition) is 7. The molecule has 0 spiro atoms. The minimum Gasteiger partial charge on any atom is -0.488 e. The standard InChI is InChI=1S/C15H21NO6/c1-16(9-6-5-7-11(9)19-2)10-8-12(14(17)21-4)22-15(18)13(10)20-3/h8-9,11H,5-7H2,1-4H3/t9?,11-/m1/s1. The maximum Gasteiger partial charge on any atom is 0.381 e. The van der Waals surface area contributed by atoms with Crippen LogP contribution in [0.5, 0.6) is 5.75 Å². The van der Waals surface area contributed by atoms with Gasteiger partial charge >= 0.3 is 11.6 Å². The molecule has 0 bridgehead atoms. The largest absolute Gasteiger partial charge is 0.488 e. The minimum atomic E-state index is -0.709. The van der Waals surface area contributed by atoms with E-state index in [2.05, 4.69) is 4.74 Å². The molecule has 1 aromatic heterocycles. The average Bonchev–Trinajstić information content (AvgIpc) is 3.01. The number of methoxy groups -OCH3 is 3. The smallest absolute Gasteiger partial charge is 0.381 e. The van der Waals surface area contributed by atoms with Crippen LogP contribution in [0.3, 0.4) is 0 Å². The minimum absolute atomic E-state index is 0.0666. The Morgan fingerprint density at radius 2 is 2.05 bits per heavy atom. The molecule has 1 aromatic rings. The molecule has 0 aliphatic heterocycles. The van der Waals surface area contributed by atoms with E-state index in [1.54, 1.807) is 7.11 Å². The quantitative estimate of drug-likeness (QED) is 0.761. The van der Waals surface area contributed by atoms with Gasteiger partial charge in [-0.3, -0.25) is 0 Å². The van der Waals surface area contributed by atoms with E-state index in [-0.39, 0.29) is 23.7 Å². The SMILES string of the molecule is COC(=O)c1cc(N(C)C2CCC[C@H]2OC)c(OC)c(=O)o1. The van der Waals surface area contributed by atoms with E-state index in [1.165, 1.54) is 20.3 Å². The first-order valence-electron chi connectivity index (χ1n) is 7.09. The van der Waals surface area contributed by atoms with Gasteiger partial charge in [0.2, 0.25) is 11.5 Å². The van der Waals surface area contributed by atoms with Crippen molar-refractivity contribution in [3.8, 4) is 5.75 Å². The first kappa shape index (κ1) is 16.4. The van der Waals surface area contributed by atoms with E-state index in [9.17, 15) is 9.59 Å². The van der Waals surface area contributed by atoms with E-state index < -0.39 is 11.6 Å². The number of esters is 1. The molecule has 7 heteroatoms. The summed E-state index contributed by atoms with van der Waals surface area (Å²) in [5, 5.41) is 0. The summed E-state index contributed by atoms with van der Waals surface area (Å²) in [6.07, 6.45) is 3.01. The first-order chi connectivity index (χ1) is 10.5. The van der Waals surface area contributed by atoms with Crippen LogP contribution in [-0.4, -0.2) is 46.5 Å². The summed E-state index contributed by atoms with van der Waals surface area (Å²) in [7, 11) is 6.14. The maximum absolute atomic E-state index is 12.0. The van der Waals surface area contributed by atoms with Crippen LogP contribution >= 0.6 is 0 Å². The number of anilines is 1. The Labute approximate surface area is 128 Å². The van der Waals surface area contributed by atoms with Gasteiger partial charge in [0.15, 0.2) is 0 Å². The van der Waals surface area contributed by atoms with E-state index in [1.807, 2.05) is 11.9 Å². The van der Waals surface area contributed by atoms with E-state index in [0.717, 1.165) is 19.3 Å². The van der Waals surface area contributed by atoms with Crippen LogP contribution < -0.4 is 15.3 Å². The van der Waals surface area contributed by atoms with Crippen molar-refractivity contribution in [1.82, 2.24) is 0 Å². The molecular weight excluding hydrogens is 290 g/mol. The van der Waals surface area contributed by atoms with Crippen LogP contribution in [0.25, 0.3) is 0 Å². The molecule has 7 nitrogen and oxygen atoms in total. The lowest BCUT2D eigenvalue weighted by atomic mass is 10.1. The molecule has 2 rings (SSSR count). The first-order valence-corrected chi connectivity index (χ1v) is 7.09.